The largest absolute Gasteiger partial charge is 0.324 e. The summed E-state index contributed by atoms with van der Waals surface area (Å²) in [5.41, 5.74) is 0. The Morgan fingerprint density at radius 2 is 2.23 bits per heavy atom. The fourth-order valence-electron chi connectivity index (χ4n) is 1.65. The summed E-state index contributed by atoms with van der Waals surface area (Å²) < 4.78 is 11.4. The predicted molar refractivity (Wildman–Crippen MR) is 58.0 cm³/mol. The lowest BCUT2D eigenvalue weighted by Gasteiger charge is -2.24. The van der Waals surface area contributed by atoms with Gasteiger partial charge in [0.15, 0.2) is 0 Å². The van der Waals surface area contributed by atoms with Crippen molar-refractivity contribution in [3.8, 4) is 0 Å². The van der Waals surface area contributed by atoms with Gasteiger partial charge in [-0.05, 0) is 39.1 Å². The second-order valence-electron chi connectivity index (χ2n) is 4.31. The monoisotopic (exact) mass is 204 g/mol. The quantitative estimate of drug-likeness (QED) is 0.678. The van der Waals surface area contributed by atoms with Crippen LogP contribution in [0.4, 0.5) is 0 Å². The van der Waals surface area contributed by atoms with Gasteiger partial charge in [0.05, 0.1) is 7.14 Å². The molecule has 0 aromatic heterocycles. The molecule has 2 N–H and O–H groups in total. The minimum Gasteiger partial charge on any atom is -0.324 e. The van der Waals surface area contributed by atoms with Crippen molar-refractivity contribution < 1.29 is 4.57 Å². The lowest BCUT2D eigenvalue weighted by Crippen LogP contribution is -2.44. The molecule has 1 heterocycles. The zero-order valence-electron chi connectivity index (χ0n) is 8.68. The Bertz CT molecular complexity index is 184. The summed E-state index contributed by atoms with van der Waals surface area (Å²) in [4.78, 5) is 0. The van der Waals surface area contributed by atoms with Crippen molar-refractivity contribution in [3.05, 3.63) is 0 Å². The summed E-state index contributed by atoms with van der Waals surface area (Å²) in [7, 11) is -1.78. The van der Waals surface area contributed by atoms with Gasteiger partial charge in [-0.15, -0.1) is 0 Å². The van der Waals surface area contributed by atoms with Crippen LogP contribution in [0.15, 0.2) is 0 Å². The van der Waals surface area contributed by atoms with E-state index in [9.17, 15) is 4.57 Å². The Hall–Kier alpha value is 0.150. The van der Waals surface area contributed by atoms with Crippen molar-refractivity contribution in [2.24, 2.45) is 0 Å². The molecule has 13 heavy (non-hydrogen) atoms. The second kappa shape index (κ2) is 5.14. The summed E-state index contributed by atoms with van der Waals surface area (Å²) in [6, 6.07) is 0.646. The molecule has 0 aliphatic carbocycles. The van der Waals surface area contributed by atoms with E-state index in [1.54, 1.807) is 0 Å². The van der Waals surface area contributed by atoms with Gasteiger partial charge in [0, 0.05) is 18.9 Å². The molecule has 3 nitrogen and oxygen atoms in total. The van der Waals surface area contributed by atoms with Gasteiger partial charge in [-0.3, -0.25) is 0 Å². The molecule has 4 heteroatoms. The third kappa shape index (κ3) is 5.45. The molecular formula is C9H21N2OP. The van der Waals surface area contributed by atoms with Crippen LogP contribution in [-0.4, -0.2) is 38.7 Å². The topological polar surface area (TPSA) is 41.1 Å². The summed E-state index contributed by atoms with van der Waals surface area (Å²) in [6.07, 6.45) is 4.38. The smallest absolute Gasteiger partial charge is 0.0819 e. The molecular weight excluding hydrogens is 183 g/mol. The van der Waals surface area contributed by atoms with Crippen LogP contribution in [0.25, 0.3) is 0 Å². The number of nitrogens with one attached hydrogen (secondary N) is 2. The van der Waals surface area contributed by atoms with E-state index in [0.717, 1.165) is 25.8 Å². The second-order valence-corrected chi connectivity index (χ2v) is 7.90. The molecule has 1 saturated heterocycles. The van der Waals surface area contributed by atoms with E-state index in [4.69, 9.17) is 0 Å². The van der Waals surface area contributed by atoms with Crippen LogP contribution in [0, 0.1) is 0 Å². The van der Waals surface area contributed by atoms with Crippen LogP contribution < -0.4 is 10.6 Å². The third-order valence-corrected chi connectivity index (χ3v) is 3.83. The zero-order valence-corrected chi connectivity index (χ0v) is 9.57. The maximum atomic E-state index is 11.4. The normalized spacial score (nSPS) is 24.6. The van der Waals surface area contributed by atoms with Crippen molar-refractivity contribution in [1.29, 1.82) is 0 Å². The number of hydrogen-bond donors (Lipinski definition) is 2. The van der Waals surface area contributed by atoms with Gasteiger partial charge in [0.1, 0.15) is 0 Å². The molecule has 1 fully saturated rings. The van der Waals surface area contributed by atoms with E-state index in [1.165, 1.54) is 12.8 Å². The minimum absolute atomic E-state index is 0.646. The van der Waals surface area contributed by atoms with Crippen molar-refractivity contribution in [1.82, 2.24) is 10.6 Å². The Labute approximate surface area is 81.0 Å². The first kappa shape index (κ1) is 11.2. The average Bonchev–Trinajstić information content (AvgIpc) is 2.04. The molecule has 0 bridgehead atoms. The highest BCUT2D eigenvalue weighted by Crippen LogP contribution is 2.36. The van der Waals surface area contributed by atoms with Gasteiger partial charge >= 0.3 is 0 Å². The molecule has 1 aliphatic rings. The van der Waals surface area contributed by atoms with Crippen LogP contribution >= 0.6 is 7.14 Å². The van der Waals surface area contributed by atoms with Crippen molar-refractivity contribution in [3.63, 3.8) is 0 Å². The highest BCUT2D eigenvalue weighted by Gasteiger charge is 2.13. The van der Waals surface area contributed by atoms with Crippen LogP contribution in [0.5, 0.6) is 0 Å². The molecule has 78 valence electrons. The minimum atomic E-state index is -1.78. The highest BCUT2D eigenvalue weighted by atomic mass is 31.2. The Morgan fingerprint density at radius 3 is 2.77 bits per heavy atom. The van der Waals surface area contributed by atoms with E-state index < -0.39 is 7.14 Å². The average molecular weight is 204 g/mol. The molecule has 1 atom stereocenters. The lowest BCUT2D eigenvalue weighted by molar-refractivity contribution is 0.370. The molecule has 0 amide bonds. The summed E-state index contributed by atoms with van der Waals surface area (Å²) in [5.74, 6) is 0. The van der Waals surface area contributed by atoms with E-state index in [1.807, 2.05) is 13.3 Å². The van der Waals surface area contributed by atoms with Crippen LogP contribution in [0.3, 0.4) is 0 Å². The van der Waals surface area contributed by atoms with Crippen molar-refractivity contribution in [2.45, 2.75) is 25.3 Å². The molecule has 1 unspecified atom stereocenters. The Kier molecular flexibility index (Phi) is 4.43. The number of rotatable bonds is 4. The van der Waals surface area contributed by atoms with E-state index in [0.29, 0.717) is 6.04 Å². The lowest BCUT2D eigenvalue weighted by atomic mass is 10.1. The molecule has 0 radical (unpaired) electrons. The van der Waals surface area contributed by atoms with Crippen LogP contribution in [0.2, 0.25) is 0 Å². The highest BCUT2D eigenvalue weighted by molar-refractivity contribution is 7.62. The maximum absolute atomic E-state index is 11.4. The predicted octanol–water partition coefficient (Wildman–Crippen LogP) is 1.30. The van der Waals surface area contributed by atoms with Gasteiger partial charge in [-0.2, -0.15) is 0 Å². The summed E-state index contributed by atoms with van der Waals surface area (Å²) >= 11 is 0. The SMILES string of the molecule is CP(C)(=O)CCCC1CCNCN1. The Balaban J connectivity index is 2.08. The van der Waals surface area contributed by atoms with Crippen LogP contribution in [-0.2, 0) is 4.57 Å². The molecule has 0 saturated carbocycles. The van der Waals surface area contributed by atoms with Crippen molar-refractivity contribution >= 4 is 7.14 Å². The van der Waals surface area contributed by atoms with Gasteiger partial charge in [-0.1, -0.05) is 0 Å². The standard InChI is InChI=1S/C9H21N2OP/c1-13(2,12)7-3-4-9-5-6-10-8-11-9/h9-11H,3-8H2,1-2H3. The van der Waals surface area contributed by atoms with Crippen LogP contribution in [0.1, 0.15) is 19.3 Å². The molecule has 0 aromatic rings. The molecule has 1 rings (SSSR count). The van der Waals surface area contributed by atoms with Gasteiger partial charge in [0.2, 0.25) is 0 Å². The first-order chi connectivity index (χ1) is 6.08. The van der Waals surface area contributed by atoms with Crippen molar-refractivity contribution in [2.75, 3.05) is 32.7 Å². The van der Waals surface area contributed by atoms with E-state index in [-0.39, 0.29) is 0 Å². The van der Waals surface area contributed by atoms with E-state index >= 15 is 0 Å². The van der Waals surface area contributed by atoms with E-state index in [2.05, 4.69) is 10.6 Å². The first-order valence-corrected chi connectivity index (χ1v) is 7.85. The first-order valence-electron chi connectivity index (χ1n) is 5.06. The Morgan fingerprint density at radius 1 is 1.46 bits per heavy atom. The fraction of sp³-hybridized carbons (Fsp3) is 1.00. The maximum Gasteiger partial charge on any atom is 0.0819 e. The summed E-state index contributed by atoms with van der Waals surface area (Å²) in [6.45, 7) is 5.81. The number of hydrogen-bond acceptors (Lipinski definition) is 3. The van der Waals surface area contributed by atoms with Gasteiger partial charge in [0.25, 0.3) is 0 Å². The molecule has 0 spiro atoms. The molecule has 0 aromatic carbocycles. The molecule has 1 aliphatic heterocycles. The third-order valence-electron chi connectivity index (χ3n) is 2.43. The zero-order chi connectivity index (χ0) is 9.73. The van der Waals surface area contributed by atoms with Gasteiger partial charge < -0.3 is 15.2 Å². The van der Waals surface area contributed by atoms with Gasteiger partial charge in [-0.25, -0.2) is 0 Å². The fourth-order valence-corrected chi connectivity index (χ4v) is 2.59. The summed E-state index contributed by atoms with van der Waals surface area (Å²) in [5, 5.41) is 6.66.